The second-order valence-corrected chi connectivity index (χ2v) is 5.85. The monoisotopic (exact) mass is 316 g/mol. The van der Waals surface area contributed by atoms with E-state index in [0.717, 1.165) is 19.4 Å². The number of halogens is 2. The molecule has 2 atom stereocenters. The third-order valence-corrected chi connectivity index (χ3v) is 4.39. The molecule has 2 rings (SSSR count). The predicted octanol–water partition coefficient (Wildman–Crippen LogP) is 2.88. The van der Waals surface area contributed by atoms with Gasteiger partial charge < -0.3 is 15.7 Å². The number of hydrogen-bond donors (Lipinski definition) is 3. The standard InChI is InChI=1S/C14H18Cl2N2O2/c1-8(12-11(19)5-4-10(15)13(12)16)18-14(20)9-3-2-6-17-7-9/h4-5,8-9,17,19H,2-3,6-7H2,1H3,(H,18,20)/t8?,9-/m1/s1. The summed E-state index contributed by atoms with van der Waals surface area (Å²) >= 11 is 12.1. The van der Waals surface area contributed by atoms with E-state index in [2.05, 4.69) is 10.6 Å². The molecule has 1 fully saturated rings. The fourth-order valence-electron chi connectivity index (χ4n) is 2.45. The van der Waals surface area contributed by atoms with Crippen LogP contribution in [-0.4, -0.2) is 24.1 Å². The molecule has 1 aromatic rings. The minimum Gasteiger partial charge on any atom is -0.508 e. The van der Waals surface area contributed by atoms with Crippen molar-refractivity contribution in [3.05, 3.63) is 27.7 Å². The number of phenolic OH excluding ortho intramolecular Hbond substituents is 1. The van der Waals surface area contributed by atoms with Gasteiger partial charge in [0.25, 0.3) is 0 Å². The topological polar surface area (TPSA) is 61.4 Å². The first kappa shape index (κ1) is 15.4. The first-order chi connectivity index (χ1) is 9.50. The Morgan fingerprint density at radius 3 is 2.90 bits per heavy atom. The summed E-state index contributed by atoms with van der Waals surface area (Å²) in [5, 5.41) is 16.6. The lowest BCUT2D eigenvalue weighted by atomic mass is 9.97. The summed E-state index contributed by atoms with van der Waals surface area (Å²) in [6.07, 6.45) is 1.87. The van der Waals surface area contributed by atoms with Crippen LogP contribution in [0.25, 0.3) is 0 Å². The van der Waals surface area contributed by atoms with Crippen molar-refractivity contribution in [2.75, 3.05) is 13.1 Å². The molecule has 1 unspecified atom stereocenters. The quantitative estimate of drug-likeness (QED) is 0.803. The van der Waals surface area contributed by atoms with E-state index in [1.54, 1.807) is 6.92 Å². The SMILES string of the molecule is CC(NC(=O)[C@@H]1CCCNC1)c1c(O)ccc(Cl)c1Cl. The summed E-state index contributed by atoms with van der Waals surface area (Å²) in [5.74, 6) is -0.0274. The minimum absolute atomic E-state index is 0.0276. The highest BCUT2D eigenvalue weighted by molar-refractivity contribution is 6.42. The van der Waals surface area contributed by atoms with Gasteiger partial charge in [-0.2, -0.15) is 0 Å². The number of benzene rings is 1. The number of hydrogen-bond acceptors (Lipinski definition) is 3. The molecule has 4 nitrogen and oxygen atoms in total. The van der Waals surface area contributed by atoms with E-state index in [0.29, 0.717) is 17.1 Å². The Morgan fingerprint density at radius 2 is 2.25 bits per heavy atom. The van der Waals surface area contributed by atoms with E-state index in [-0.39, 0.29) is 22.6 Å². The highest BCUT2D eigenvalue weighted by Gasteiger charge is 2.24. The summed E-state index contributed by atoms with van der Waals surface area (Å²) in [6, 6.07) is 2.62. The van der Waals surface area contributed by atoms with Crippen LogP contribution >= 0.6 is 23.2 Å². The molecule has 3 N–H and O–H groups in total. The molecule has 0 aliphatic carbocycles. The minimum atomic E-state index is -0.393. The molecule has 1 amide bonds. The average Bonchev–Trinajstić information content (AvgIpc) is 2.44. The van der Waals surface area contributed by atoms with E-state index in [4.69, 9.17) is 23.2 Å². The smallest absolute Gasteiger partial charge is 0.224 e. The van der Waals surface area contributed by atoms with Gasteiger partial charge in [-0.3, -0.25) is 4.79 Å². The Labute approximate surface area is 128 Å². The van der Waals surface area contributed by atoms with Crippen molar-refractivity contribution in [2.24, 2.45) is 5.92 Å². The van der Waals surface area contributed by atoms with Crippen molar-refractivity contribution in [3.63, 3.8) is 0 Å². The van der Waals surface area contributed by atoms with Crippen molar-refractivity contribution < 1.29 is 9.90 Å². The molecule has 0 spiro atoms. The van der Waals surface area contributed by atoms with Gasteiger partial charge >= 0.3 is 0 Å². The van der Waals surface area contributed by atoms with Crippen molar-refractivity contribution in [1.29, 1.82) is 0 Å². The molecule has 1 heterocycles. The van der Waals surface area contributed by atoms with E-state index in [1.165, 1.54) is 12.1 Å². The third kappa shape index (κ3) is 3.37. The zero-order chi connectivity index (χ0) is 14.7. The van der Waals surface area contributed by atoms with Gasteiger partial charge in [-0.15, -0.1) is 0 Å². The van der Waals surface area contributed by atoms with Crippen LogP contribution < -0.4 is 10.6 Å². The largest absolute Gasteiger partial charge is 0.508 e. The van der Waals surface area contributed by atoms with Gasteiger partial charge in [0, 0.05) is 12.1 Å². The number of nitrogens with one attached hydrogen (secondary N) is 2. The molecule has 0 aromatic heterocycles. The maximum absolute atomic E-state index is 12.2. The number of carbonyl (C=O) groups is 1. The zero-order valence-corrected chi connectivity index (χ0v) is 12.8. The van der Waals surface area contributed by atoms with E-state index < -0.39 is 6.04 Å². The molecule has 1 aliphatic heterocycles. The summed E-state index contributed by atoms with van der Waals surface area (Å²) in [7, 11) is 0. The number of piperidine rings is 1. The lowest BCUT2D eigenvalue weighted by molar-refractivity contribution is -0.126. The van der Waals surface area contributed by atoms with Crippen molar-refractivity contribution in [3.8, 4) is 5.75 Å². The molecule has 0 bridgehead atoms. The first-order valence-electron chi connectivity index (χ1n) is 6.68. The van der Waals surface area contributed by atoms with Gasteiger partial charge in [0.15, 0.2) is 0 Å². The van der Waals surface area contributed by atoms with Gasteiger partial charge in [-0.25, -0.2) is 0 Å². The van der Waals surface area contributed by atoms with Crippen LogP contribution in [0.15, 0.2) is 12.1 Å². The predicted molar refractivity (Wildman–Crippen MR) is 80.3 cm³/mol. The summed E-state index contributed by atoms with van der Waals surface area (Å²) < 4.78 is 0. The highest BCUT2D eigenvalue weighted by Crippen LogP contribution is 2.36. The van der Waals surface area contributed by atoms with Gasteiger partial charge in [0.2, 0.25) is 5.91 Å². The van der Waals surface area contributed by atoms with Crippen molar-refractivity contribution in [2.45, 2.75) is 25.8 Å². The summed E-state index contributed by atoms with van der Waals surface area (Å²) in [6.45, 7) is 3.43. The average molecular weight is 317 g/mol. The van der Waals surface area contributed by atoms with Crippen LogP contribution in [0.2, 0.25) is 10.0 Å². The summed E-state index contributed by atoms with van der Waals surface area (Å²) in [4.78, 5) is 12.2. The Hall–Kier alpha value is -0.970. The molecule has 0 radical (unpaired) electrons. The van der Waals surface area contributed by atoms with Crippen LogP contribution in [0.4, 0.5) is 0 Å². The summed E-state index contributed by atoms with van der Waals surface area (Å²) in [5.41, 5.74) is 0.455. The molecule has 6 heteroatoms. The maximum atomic E-state index is 12.2. The third-order valence-electron chi connectivity index (χ3n) is 3.57. The van der Waals surface area contributed by atoms with Gasteiger partial charge in [0.1, 0.15) is 5.75 Å². The van der Waals surface area contributed by atoms with Gasteiger partial charge in [0.05, 0.1) is 22.0 Å². The Bertz CT molecular complexity index is 502. The van der Waals surface area contributed by atoms with E-state index in [1.807, 2.05) is 0 Å². The van der Waals surface area contributed by atoms with E-state index in [9.17, 15) is 9.90 Å². The number of amides is 1. The Morgan fingerprint density at radius 1 is 1.50 bits per heavy atom. The fraction of sp³-hybridized carbons (Fsp3) is 0.500. The van der Waals surface area contributed by atoms with Gasteiger partial charge in [-0.05, 0) is 38.4 Å². The number of aromatic hydroxyl groups is 1. The fourth-order valence-corrected chi connectivity index (χ4v) is 2.94. The maximum Gasteiger partial charge on any atom is 0.224 e. The number of phenols is 1. The molecule has 110 valence electrons. The van der Waals surface area contributed by atoms with Crippen LogP contribution in [0, 0.1) is 5.92 Å². The second-order valence-electron chi connectivity index (χ2n) is 5.07. The molecule has 20 heavy (non-hydrogen) atoms. The molecule has 1 aliphatic rings. The second kappa shape index (κ2) is 6.66. The Kier molecular flexibility index (Phi) is 5.13. The normalized spacial score (nSPS) is 20.4. The Balaban J connectivity index is 2.10. The molecular weight excluding hydrogens is 299 g/mol. The molecular formula is C14H18Cl2N2O2. The molecule has 0 saturated carbocycles. The number of rotatable bonds is 3. The lowest BCUT2D eigenvalue weighted by Gasteiger charge is -2.25. The molecule has 1 aromatic carbocycles. The zero-order valence-electron chi connectivity index (χ0n) is 11.2. The van der Waals surface area contributed by atoms with Crippen LogP contribution in [0.3, 0.4) is 0 Å². The first-order valence-corrected chi connectivity index (χ1v) is 7.44. The molecule has 1 saturated heterocycles. The van der Waals surface area contributed by atoms with Crippen LogP contribution in [0.5, 0.6) is 5.75 Å². The van der Waals surface area contributed by atoms with Crippen molar-refractivity contribution >= 4 is 29.1 Å². The van der Waals surface area contributed by atoms with Crippen molar-refractivity contribution in [1.82, 2.24) is 10.6 Å². The van der Waals surface area contributed by atoms with Crippen LogP contribution in [0.1, 0.15) is 31.4 Å². The number of carbonyl (C=O) groups excluding carboxylic acids is 1. The highest BCUT2D eigenvalue weighted by atomic mass is 35.5. The lowest BCUT2D eigenvalue weighted by Crippen LogP contribution is -2.41. The van der Waals surface area contributed by atoms with Gasteiger partial charge in [-0.1, -0.05) is 23.2 Å². The van der Waals surface area contributed by atoms with Crippen LogP contribution in [-0.2, 0) is 4.79 Å². The van der Waals surface area contributed by atoms with E-state index >= 15 is 0 Å².